The first kappa shape index (κ1) is 18.0. The third-order valence-electron chi connectivity index (χ3n) is 5.19. The number of rotatable bonds is 2. The van der Waals surface area contributed by atoms with E-state index in [1.165, 1.54) is 0 Å². The normalized spacial score (nSPS) is 33.3. The second-order valence-corrected chi connectivity index (χ2v) is 9.19. The topological polar surface area (TPSA) is 103 Å². The van der Waals surface area contributed by atoms with Gasteiger partial charge < -0.3 is 10.2 Å². The highest BCUT2D eigenvalue weighted by molar-refractivity contribution is 7.89. The third-order valence-corrected chi connectivity index (χ3v) is 7.10. The number of hydrogen-bond donors (Lipinski definition) is 4. The molecule has 10 heteroatoms. The largest absolute Gasteiger partial charge is 0.368 e. The van der Waals surface area contributed by atoms with Gasteiger partial charge in [-0.15, -0.1) is 11.6 Å². The molecule has 8 nitrogen and oxygen atoms in total. The summed E-state index contributed by atoms with van der Waals surface area (Å²) in [5, 5.41) is 2.99. The summed E-state index contributed by atoms with van der Waals surface area (Å²) < 4.78 is 27.8. The molecule has 4 atom stereocenters. The van der Waals surface area contributed by atoms with Crippen LogP contribution < -0.4 is 20.9 Å². The van der Waals surface area contributed by atoms with Crippen LogP contribution in [0.3, 0.4) is 0 Å². The molecule has 4 unspecified atom stereocenters. The number of alkyl halides is 1. The summed E-state index contributed by atoms with van der Waals surface area (Å²) in [5.41, 5.74) is 6.43. The van der Waals surface area contributed by atoms with Crippen LogP contribution in [0.25, 0.3) is 0 Å². The lowest BCUT2D eigenvalue weighted by atomic mass is 9.94. The van der Waals surface area contributed by atoms with E-state index in [-0.39, 0.29) is 22.1 Å². The molecule has 0 bridgehead atoms. The number of para-hydroxylation sites is 1. The molecule has 2 fully saturated rings. The first-order valence-electron chi connectivity index (χ1n) is 8.75. The van der Waals surface area contributed by atoms with E-state index in [4.69, 9.17) is 11.6 Å². The molecule has 26 heavy (non-hydrogen) atoms. The summed E-state index contributed by atoms with van der Waals surface area (Å²) in [4.78, 5) is 14.8. The molecule has 0 radical (unpaired) electrons. The van der Waals surface area contributed by atoms with E-state index in [9.17, 15) is 13.2 Å². The van der Waals surface area contributed by atoms with Crippen molar-refractivity contribution in [3.8, 4) is 0 Å². The fraction of sp³-hybridized carbons (Fsp3) is 0.562. The van der Waals surface area contributed by atoms with E-state index in [0.29, 0.717) is 25.3 Å². The number of nitrogens with zero attached hydrogens (tertiary/aromatic N) is 1. The minimum atomic E-state index is -3.56. The monoisotopic (exact) mass is 399 g/mol. The highest BCUT2D eigenvalue weighted by Gasteiger charge is 2.39. The van der Waals surface area contributed by atoms with Crippen LogP contribution in [-0.2, 0) is 14.8 Å². The number of sulfonamides is 1. The average Bonchev–Trinajstić information content (AvgIpc) is 3.06. The van der Waals surface area contributed by atoms with Gasteiger partial charge in [0.1, 0.15) is 10.9 Å². The number of nitrogens with one attached hydrogen (secondary N) is 4. The maximum absolute atomic E-state index is 12.7. The van der Waals surface area contributed by atoms with Crippen LogP contribution >= 0.6 is 11.6 Å². The van der Waals surface area contributed by atoms with Crippen molar-refractivity contribution >= 4 is 33.2 Å². The minimum Gasteiger partial charge on any atom is -0.368 e. The van der Waals surface area contributed by atoms with Crippen molar-refractivity contribution in [2.45, 2.75) is 35.3 Å². The molecule has 1 amide bonds. The average molecular weight is 400 g/mol. The first-order chi connectivity index (χ1) is 12.5. The number of benzene rings is 1. The lowest BCUT2D eigenvalue weighted by Gasteiger charge is -2.40. The molecule has 0 saturated carbocycles. The van der Waals surface area contributed by atoms with E-state index < -0.39 is 22.2 Å². The zero-order valence-corrected chi connectivity index (χ0v) is 15.7. The fourth-order valence-corrected chi connectivity index (χ4v) is 5.47. The number of fused-ring (bicyclic) bond motifs is 1. The van der Waals surface area contributed by atoms with E-state index >= 15 is 0 Å². The number of halogens is 1. The zero-order chi connectivity index (χ0) is 18.3. The van der Waals surface area contributed by atoms with Crippen molar-refractivity contribution in [1.29, 1.82) is 0 Å². The van der Waals surface area contributed by atoms with Crippen LogP contribution in [0.5, 0.6) is 0 Å². The molecule has 142 valence electrons. The van der Waals surface area contributed by atoms with Crippen LogP contribution in [0.2, 0.25) is 0 Å². The second kappa shape index (κ2) is 6.97. The molecule has 3 aliphatic heterocycles. The Labute approximate surface area is 157 Å². The summed E-state index contributed by atoms with van der Waals surface area (Å²) in [6.07, 6.45) is 1.23. The smallest absolute Gasteiger partial charge is 0.244 e. The number of hydrazine groups is 1. The highest BCUT2D eigenvalue weighted by Crippen LogP contribution is 2.30. The van der Waals surface area contributed by atoms with Gasteiger partial charge in [0.25, 0.3) is 0 Å². The molecule has 0 aromatic heterocycles. The van der Waals surface area contributed by atoms with Gasteiger partial charge in [-0.2, -0.15) is 4.72 Å². The second-order valence-electron chi connectivity index (χ2n) is 6.94. The highest BCUT2D eigenvalue weighted by atomic mass is 35.5. The van der Waals surface area contributed by atoms with Gasteiger partial charge >= 0.3 is 0 Å². The number of piperidine rings is 1. The molecule has 3 heterocycles. The molecule has 1 aromatic rings. The molecule has 1 aromatic carbocycles. The van der Waals surface area contributed by atoms with E-state index in [0.717, 1.165) is 12.8 Å². The Bertz CT molecular complexity index is 805. The van der Waals surface area contributed by atoms with Crippen molar-refractivity contribution in [2.75, 3.05) is 25.0 Å². The van der Waals surface area contributed by atoms with Gasteiger partial charge in [0.2, 0.25) is 15.9 Å². The Balaban J connectivity index is 1.49. The molecule has 4 rings (SSSR count). The Morgan fingerprint density at radius 2 is 2.08 bits per heavy atom. The lowest BCUT2D eigenvalue weighted by Crippen LogP contribution is -2.56. The summed E-state index contributed by atoms with van der Waals surface area (Å²) in [7, 11) is -3.56. The summed E-state index contributed by atoms with van der Waals surface area (Å²) in [5.74, 6) is -0.0577. The molecule has 3 aliphatic rings. The number of likely N-dealkylation sites (tertiary alicyclic amines) is 1. The van der Waals surface area contributed by atoms with E-state index in [2.05, 4.69) is 20.9 Å². The predicted molar refractivity (Wildman–Crippen MR) is 98.0 cm³/mol. The van der Waals surface area contributed by atoms with Gasteiger partial charge in [-0.1, -0.05) is 12.1 Å². The Hall–Kier alpha value is -1.39. The van der Waals surface area contributed by atoms with Gasteiger partial charge in [-0.25, -0.2) is 13.8 Å². The predicted octanol–water partition coefficient (Wildman–Crippen LogP) is 0.0389. The maximum atomic E-state index is 12.7. The standard InChI is InChI=1S/C16H22ClN5O3S/c17-11-8-18-20-14(11)16(23)22-7-3-4-10(9-22)15-19-12-5-1-2-6-13(12)26(24,25)21-15/h1-2,5-6,10-11,14-15,18-21H,3-4,7-9H2. The van der Waals surface area contributed by atoms with E-state index in [1.54, 1.807) is 29.2 Å². The van der Waals surface area contributed by atoms with Crippen molar-refractivity contribution in [3.05, 3.63) is 24.3 Å². The van der Waals surface area contributed by atoms with Crippen molar-refractivity contribution in [1.82, 2.24) is 20.5 Å². The summed E-state index contributed by atoms with van der Waals surface area (Å²) in [6.45, 7) is 1.69. The maximum Gasteiger partial charge on any atom is 0.244 e. The molecule has 4 N–H and O–H groups in total. The van der Waals surface area contributed by atoms with E-state index in [1.807, 2.05) is 0 Å². The van der Waals surface area contributed by atoms with Crippen LogP contribution in [0.1, 0.15) is 12.8 Å². The Morgan fingerprint density at radius 3 is 2.85 bits per heavy atom. The number of hydrogen-bond acceptors (Lipinski definition) is 6. The van der Waals surface area contributed by atoms with Gasteiger partial charge in [0.15, 0.2) is 0 Å². The zero-order valence-electron chi connectivity index (χ0n) is 14.1. The van der Waals surface area contributed by atoms with Crippen molar-refractivity contribution < 1.29 is 13.2 Å². The molecule has 2 saturated heterocycles. The SMILES string of the molecule is O=C(C1NNCC1Cl)N1CCCC(C2Nc3ccccc3S(=O)(=O)N2)C1. The lowest BCUT2D eigenvalue weighted by molar-refractivity contribution is -0.135. The molecular weight excluding hydrogens is 378 g/mol. The third kappa shape index (κ3) is 3.29. The minimum absolute atomic E-state index is 0.0148. The number of anilines is 1. The van der Waals surface area contributed by atoms with Gasteiger partial charge in [0.05, 0.1) is 17.2 Å². The van der Waals surface area contributed by atoms with Gasteiger partial charge in [0, 0.05) is 25.6 Å². The Kier molecular flexibility index (Phi) is 4.83. The van der Waals surface area contributed by atoms with Crippen molar-refractivity contribution in [2.24, 2.45) is 5.92 Å². The fourth-order valence-electron chi connectivity index (χ4n) is 3.83. The quantitative estimate of drug-likeness (QED) is 0.524. The molecule has 0 spiro atoms. The van der Waals surface area contributed by atoms with Crippen molar-refractivity contribution in [3.63, 3.8) is 0 Å². The summed E-state index contributed by atoms with van der Waals surface area (Å²) >= 11 is 6.19. The van der Waals surface area contributed by atoms with Crippen LogP contribution in [0.15, 0.2) is 29.2 Å². The van der Waals surface area contributed by atoms with Crippen LogP contribution in [-0.4, -0.2) is 56.4 Å². The molecule has 0 aliphatic carbocycles. The Morgan fingerprint density at radius 1 is 1.27 bits per heavy atom. The number of amides is 1. The molecular formula is C16H22ClN5O3S. The van der Waals surface area contributed by atoms with Crippen LogP contribution in [0, 0.1) is 5.92 Å². The number of carbonyl (C=O) groups excluding carboxylic acids is 1. The number of carbonyl (C=O) groups is 1. The van der Waals surface area contributed by atoms with Crippen LogP contribution in [0.4, 0.5) is 5.69 Å². The van der Waals surface area contributed by atoms with Gasteiger partial charge in [-0.3, -0.25) is 10.2 Å². The first-order valence-corrected chi connectivity index (χ1v) is 10.7. The summed E-state index contributed by atoms with van der Waals surface area (Å²) in [6, 6.07) is 6.40. The van der Waals surface area contributed by atoms with Gasteiger partial charge in [-0.05, 0) is 25.0 Å².